The van der Waals surface area contributed by atoms with Crippen LogP contribution in [0.1, 0.15) is 0 Å². The number of thioether (sulfide) groups is 2. The molecule has 6 nitrogen and oxygen atoms in total. The first-order valence-corrected chi connectivity index (χ1v) is 8.58. The van der Waals surface area contributed by atoms with Gasteiger partial charge in [0.05, 0.1) is 13.1 Å². The fourth-order valence-corrected chi connectivity index (χ4v) is 3.10. The number of alkyl halides is 6. The Morgan fingerprint density at radius 1 is 0.800 bits per heavy atom. The van der Waals surface area contributed by atoms with Crippen LogP contribution in [0, 0.1) is 0 Å². The lowest BCUT2D eigenvalue weighted by Crippen LogP contribution is -2.65. The highest BCUT2D eigenvalue weighted by atomic mass is 32.2. The first-order valence-electron chi connectivity index (χ1n) is 6.61. The van der Waals surface area contributed by atoms with Crippen LogP contribution in [0.25, 0.3) is 0 Å². The Balaban J connectivity index is 2.17. The Kier molecular flexibility index (Phi) is 5.61. The van der Waals surface area contributed by atoms with Gasteiger partial charge in [-0.3, -0.25) is 30.2 Å². The molecule has 0 saturated heterocycles. The third-order valence-electron chi connectivity index (χ3n) is 2.97. The van der Waals surface area contributed by atoms with E-state index in [2.05, 4.69) is 9.98 Å². The summed E-state index contributed by atoms with van der Waals surface area (Å²) in [6.45, 7) is 0.307. The number of amidine groups is 2. The third kappa shape index (κ3) is 3.73. The standard InChI is InChI=1S/C11H10F6N4O2S2/c12-9(13,5(22)20-7-18-1-3-24-7)11(16,17)10(14,15)6(23)21-8-19-2-4-25-8/h1-4H2,(H,18,20,22)(H,19,21,23). The van der Waals surface area contributed by atoms with E-state index in [0.717, 1.165) is 23.5 Å². The minimum absolute atomic E-state index is 0.153. The summed E-state index contributed by atoms with van der Waals surface area (Å²) >= 11 is 1.57. The largest absolute Gasteiger partial charge is 0.393 e. The van der Waals surface area contributed by atoms with E-state index in [4.69, 9.17) is 0 Å². The van der Waals surface area contributed by atoms with Crippen LogP contribution >= 0.6 is 23.5 Å². The minimum atomic E-state index is -6.28. The Bertz CT molecular complexity index is 588. The number of aliphatic imine (C=N–C) groups is 2. The van der Waals surface area contributed by atoms with Gasteiger partial charge < -0.3 is 0 Å². The highest BCUT2D eigenvalue weighted by Gasteiger charge is 2.78. The van der Waals surface area contributed by atoms with Crippen molar-refractivity contribution in [2.24, 2.45) is 9.98 Å². The summed E-state index contributed by atoms with van der Waals surface area (Å²) in [5.41, 5.74) is 0. The van der Waals surface area contributed by atoms with Gasteiger partial charge in [0, 0.05) is 11.5 Å². The summed E-state index contributed by atoms with van der Waals surface area (Å²) in [5, 5.41) is 1.95. The van der Waals surface area contributed by atoms with Crippen LogP contribution in [0.3, 0.4) is 0 Å². The molecule has 25 heavy (non-hydrogen) atoms. The lowest BCUT2D eigenvalue weighted by atomic mass is 10.0. The molecule has 0 unspecified atom stereocenters. The molecule has 2 aliphatic heterocycles. The molecule has 2 N–H and O–H groups in total. The molecule has 0 spiro atoms. The van der Waals surface area contributed by atoms with Crippen LogP contribution in [0.4, 0.5) is 26.3 Å². The summed E-state index contributed by atoms with van der Waals surface area (Å²) in [7, 11) is 0. The fourth-order valence-electron chi connectivity index (χ4n) is 1.66. The van der Waals surface area contributed by atoms with Crippen LogP contribution in [0.5, 0.6) is 0 Å². The molecule has 0 atom stereocenters. The van der Waals surface area contributed by atoms with Crippen molar-refractivity contribution in [3.05, 3.63) is 0 Å². The summed E-state index contributed by atoms with van der Waals surface area (Å²) in [6, 6.07) is 0. The molecule has 14 heteroatoms. The van der Waals surface area contributed by atoms with Gasteiger partial charge in [-0.25, -0.2) is 0 Å². The maximum Gasteiger partial charge on any atom is 0.393 e. The number of nitrogens with one attached hydrogen (secondary N) is 2. The van der Waals surface area contributed by atoms with E-state index in [1.807, 2.05) is 0 Å². The van der Waals surface area contributed by atoms with Gasteiger partial charge in [0.25, 0.3) is 0 Å². The topological polar surface area (TPSA) is 82.9 Å². The summed E-state index contributed by atoms with van der Waals surface area (Å²) in [4.78, 5) is 29.7. The summed E-state index contributed by atoms with van der Waals surface area (Å²) in [6.07, 6.45) is 0. The number of halogens is 6. The molecule has 0 aromatic heterocycles. The molecule has 0 fully saturated rings. The second-order valence-corrected chi connectivity index (χ2v) is 6.87. The molecule has 0 radical (unpaired) electrons. The van der Waals surface area contributed by atoms with Gasteiger partial charge in [-0.1, -0.05) is 23.5 Å². The third-order valence-corrected chi connectivity index (χ3v) is 4.75. The molecular formula is C11H10F6N4O2S2. The lowest BCUT2D eigenvalue weighted by Gasteiger charge is -2.30. The van der Waals surface area contributed by atoms with Gasteiger partial charge in [0.1, 0.15) is 0 Å². The van der Waals surface area contributed by atoms with Crippen molar-refractivity contribution in [1.29, 1.82) is 0 Å². The van der Waals surface area contributed by atoms with Crippen LogP contribution in [-0.4, -0.2) is 64.5 Å². The van der Waals surface area contributed by atoms with Crippen molar-refractivity contribution in [3.8, 4) is 0 Å². The van der Waals surface area contributed by atoms with Crippen LogP contribution < -0.4 is 10.6 Å². The second-order valence-electron chi connectivity index (χ2n) is 4.70. The molecular weight excluding hydrogens is 398 g/mol. The molecule has 0 saturated carbocycles. The Morgan fingerprint density at radius 2 is 1.16 bits per heavy atom. The first-order chi connectivity index (χ1) is 11.5. The zero-order valence-electron chi connectivity index (χ0n) is 12.1. The fraction of sp³-hybridized carbons (Fsp3) is 0.636. The van der Waals surface area contributed by atoms with E-state index in [1.165, 1.54) is 10.6 Å². The van der Waals surface area contributed by atoms with Crippen molar-refractivity contribution in [2.75, 3.05) is 24.6 Å². The van der Waals surface area contributed by atoms with E-state index >= 15 is 0 Å². The van der Waals surface area contributed by atoms with E-state index < -0.39 is 29.6 Å². The van der Waals surface area contributed by atoms with E-state index in [9.17, 15) is 35.9 Å². The second kappa shape index (κ2) is 7.05. The smallest absolute Gasteiger partial charge is 0.300 e. The van der Waals surface area contributed by atoms with Crippen molar-refractivity contribution in [2.45, 2.75) is 17.8 Å². The number of carbonyl (C=O) groups is 2. The molecule has 0 aromatic rings. The molecule has 2 aliphatic rings. The van der Waals surface area contributed by atoms with Gasteiger partial charge in [-0.2, -0.15) is 26.3 Å². The minimum Gasteiger partial charge on any atom is -0.300 e. The van der Waals surface area contributed by atoms with Gasteiger partial charge in [-0.05, 0) is 0 Å². The number of rotatable bonds is 4. The lowest BCUT2D eigenvalue weighted by molar-refractivity contribution is -0.286. The van der Waals surface area contributed by atoms with Crippen molar-refractivity contribution < 1.29 is 35.9 Å². The molecule has 140 valence electrons. The van der Waals surface area contributed by atoms with E-state index in [0.29, 0.717) is 11.5 Å². The number of nitrogens with zero attached hydrogens (tertiary/aromatic N) is 2. The van der Waals surface area contributed by atoms with Crippen LogP contribution in [0.2, 0.25) is 0 Å². The maximum atomic E-state index is 13.7. The number of hydrogen-bond donors (Lipinski definition) is 2. The zero-order valence-corrected chi connectivity index (χ0v) is 13.8. The summed E-state index contributed by atoms with van der Waals surface area (Å²) < 4.78 is 82.2. The molecule has 2 heterocycles. The molecule has 0 bridgehead atoms. The molecule has 0 aromatic carbocycles. The predicted octanol–water partition coefficient (Wildman–Crippen LogP) is 1.33. The van der Waals surface area contributed by atoms with Gasteiger partial charge in [-0.15, -0.1) is 0 Å². The maximum absolute atomic E-state index is 13.7. The van der Waals surface area contributed by atoms with E-state index in [-0.39, 0.29) is 23.4 Å². The van der Waals surface area contributed by atoms with Crippen molar-refractivity contribution >= 4 is 45.7 Å². The normalized spacial score (nSPS) is 18.6. The first kappa shape index (κ1) is 19.9. The van der Waals surface area contributed by atoms with Gasteiger partial charge in [0.15, 0.2) is 10.3 Å². The van der Waals surface area contributed by atoms with Crippen molar-refractivity contribution in [3.63, 3.8) is 0 Å². The van der Waals surface area contributed by atoms with Gasteiger partial charge in [0.2, 0.25) is 0 Å². The molecule has 2 amide bonds. The van der Waals surface area contributed by atoms with Crippen LogP contribution in [-0.2, 0) is 9.59 Å². The van der Waals surface area contributed by atoms with Crippen LogP contribution in [0.15, 0.2) is 9.98 Å². The quantitative estimate of drug-likeness (QED) is 0.688. The average Bonchev–Trinajstić information content (AvgIpc) is 3.20. The number of carbonyl (C=O) groups excluding carboxylic acids is 2. The Labute approximate surface area is 145 Å². The summed E-state index contributed by atoms with van der Waals surface area (Å²) in [5.74, 6) is -22.7. The van der Waals surface area contributed by atoms with Crippen molar-refractivity contribution in [1.82, 2.24) is 10.6 Å². The Morgan fingerprint density at radius 3 is 1.44 bits per heavy atom. The Hall–Kier alpha value is -1.44. The van der Waals surface area contributed by atoms with E-state index in [1.54, 1.807) is 0 Å². The molecule has 0 aliphatic carbocycles. The van der Waals surface area contributed by atoms with Gasteiger partial charge >= 0.3 is 29.6 Å². The average molecular weight is 408 g/mol. The monoisotopic (exact) mass is 408 g/mol. The zero-order chi connectivity index (χ0) is 18.9. The number of amides is 2. The highest BCUT2D eigenvalue weighted by molar-refractivity contribution is 8.14. The molecule has 2 rings (SSSR count). The number of hydrogen-bond acceptors (Lipinski definition) is 6. The predicted molar refractivity (Wildman–Crippen MR) is 80.6 cm³/mol. The highest BCUT2D eigenvalue weighted by Crippen LogP contribution is 2.46. The SMILES string of the molecule is O=C(NC1=NCCS1)C(F)(F)C(F)(F)C(F)(F)C(=O)NC1=NCCS1.